The highest BCUT2D eigenvalue weighted by atomic mass is 32.1. The number of benzene rings is 2. The topological polar surface area (TPSA) is 113 Å². The number of nitrogens with two attached hydrogens (primary N) is 1. The van der Waals surface area contributed by atoms with Gasteiger partial charge in [-0.1, -0.05) is 0 Å². The summed E-state index contributed by atoms with van der Waals surface area (Å²) < 4.78 is 59.2. The number of aromatic nitrogens is 2. The highest BCUT2D eigenvalue weighted by Gasteiger charge is 2.40. The SMILES string of the molecule is N#Cc1c(N)sc2ccc(F)c(-c3c4c(c5c(N6C7CCC6CNC7)nc(OCCN6CC[C@H](F)C6)nc5c3F)COC4)c12. The van der Waals surface area contributed by atoms with Crippen molar-refractivity contribution >= 4 is 43.1 Å². The number of piperazine rings is 1. The van der Waals surface area contributed by atoms with Gasteiger partial charge >= 0.3 is 6.01 Å². The predicted octanol–water partition coefficient (Wildman–Crippen LogP) is 4.64. The lowest BCUT2D eigenvalue weighted by molar-refractivity contribution is 0.135. The molecule has 13 heteroatoms. The van der Waals surface area contributed by atoms with E-state index in [2.05, 4.69) is 21.3 Å². The van der Waals surface area contributed by atoms with E-state index >= 15 is 8.78 Å². The van der Waals surface area contributed by atoms with Gasteiger partial charge in [0, 0.05) is 66.0 Å². The van der Waals surface area contributed by atoms with E-state index in [4.69, 9.17) is 20.2 Å². The Bertz CT molecular complexity index is 1840. The number of ether oxygens (including phenoxy) is 2. The van der Waals surface area contributed by atoms with Crippen LogP contribution < -0.4 is 20.7 Å². The molecule has 3 saturated heterocycles. The van der Waals surface area contributed by atoms with Crippen LogP contribution in [0.2, 0.25) is 0 Å². The van der Waals surface area contributed by atoms with Gasteiger partial charge in [0.1, 0.15) is 41.0 Å². The fraction of sp³-hybridized carbons (Fsp3) is 0.452. The van der Waals surface area contributed by atoms with E-state index in [1.807, 2.05) is 4.90 Å². The standard InChI is InChI=1S/C31H30F3N7O2S/c32-15-5-6-40(12-15)7-8-43-31-38-28-25(30(39-31)41-16-1-2-17(41)11-37-10-16)20-14-42-13-19(20)24(27(28)34)26-21(33)3-4-22-23(26)18(9-35)29(36)44-22/h3-4,15-17,37H,1-2,5-8,10-14,36H2/t15-,16?,17?/m0/s1. The summed E-state index contributed by atoms with van der Waals surface area (Å²) in [6.07, 6.45) is 1.60. The minimum Gasteiger partial charge on any atom is -0.462 e. The zero-order chi connectivity index (χ0) is 30.1. The number of rotatable bonds is 6. The van der Waals surface area contributed by atoms with E-state index in [0.717, 1.165) is 37.3 Å². The Labute approximate surface area is 255 Å². The van der Waals surface area contributed by atoms with Crippen molar-refractivity contribution in [1.82, 2.24) is 20.2 Å². The van der Waals surface area contributed by atoms with Crippen LogP contribution in [0.15, 0.2) is 12.1 Å². The van der Waals surface area contributed by atoms with Crippen molar-refractivity contribution in [1.29, 1.82) is 5.26 Å². The van der Waals surface area contributed by atoms with Gasteiger partial charge < -0.3 is 25.4 Å². The number of anilines is 2. The summed E-state index contributed by atoms with van der Waals surface area (Å²) in [4.78, 5) is 13.7. The molecule has 0 saturated carbocycles. The van der Waals surface area contributed by atoms with Crippen LogP contribution in [-0.4, -0.2) is 72.5 Å². The molecule has 2 aromatic carbocycles. The molecule has 2 bridgehead atoms. The number of hydrogen-bond acceptors (Lipinski definition) is 10. The van der Waals surface area contributed by atoms with E-state index < -0.39 is 17.8 Å². The van der Waals surface area contributed by atoms with E-state index in [1.54, 1.807) is 6.07 Å². The van der Waals surface area contributed by atoms with Crippen LogP contribution in [0.25, 0.3) is 32.1 Å². The summed E-state index contributed by atoms with van der Waals surface area (Å²) in [5, 5.41) is 14.5. The Kier molecular flexibility index (Phi) is 6.78. The van der Waals surface area contributed by atoms with Gasteiger partial charge in [0.05, 0.1) is 24.2 Å². The average Bonchev–Trinajstić information content (AvgIpc) is 3.78. The Morgan fingerprint density at radius 2 is 1.89 bits per heavy atom. The third-order valence-corrected chi connectivity index (χ3v) is 10.4. The molecule has 6 heterocycles. The Hall–Kier alpha value is -3.70. The predicted molar refractivity (Wildman–Crippen MR) is 162 cm³/mol. The van der Waals surface area contributed by atoms with Crippen molar-refractivity contribution in [2.24, 2.45) is 0 Å². The number of hydrogen-bond donors (Lipinski definition) is 2. The van der Waals surface area contributed by atoms with Gasteiger partial charge in [0.25, 0.3) is 0 Å². The average molecular weight is 622 g/mol. The van der Waals surface area contributed by atoms with Crippen LogP contribution in [-0.2, 0) is 18.0 Å². The van der Waals surface area contributed by atoms with Crippen LogP contribution in [0, 0.1) is 23.0 Å². The fourth-order valence-electron chi connectivity index (χ4n) is 7.42. The lowest BCUT2D eigenvalue weighted by atomic mass is 9.90. The molecule has 0 aliphatic carbocycles. The second kappa shape index (κ2) is 10.7. The van der Waals surface area contributed by atoms with Crippen LogP contribution in [0.4, 0.5) is 24.0 Å². The Balaban J connectivity index is 1.34. The maximum atomic E-state index is 17.1. The van der Waals surface area contributed by atoms with Crippen molar-refractivity contribution in [2.75, 3.05) is 50.0 Å². The van der Waals surface area contributed by atoms with Crippen LogP contribution in [0.5, 0.6) is 6.01 Å². The lowest BCUT2D eigenvalue weighted by Crippen LogP contribution is -2.52. The molecule has 2 aromatic heterocycles. The van der Waals surface area contributed by atoms with Gasteiger partial charge in [-0.05, 0) is 42.5 Å². The first-order valence-electron chi connectivity index (χ1n) is 14.9. The van der Waals surface area contributed by atoms with Crippen molar-refractivity contribution in [3.8, 4) is 23.2 Å². The zero-order valence-corrected chi connectivity index (χ0v) is 24.7. The summed E-state index contributed by atoms with van der Waals surface area (Å²) in [5.41, 5.74) is 7.50. The second-order valence-corrected chi connectivity index (χ2v) is 13.0. The number of alkyl halides is 1. The first kappa shape index (κ1) is 27.8. The first-order chi connectivity index (χ1) is 21.4. The molecule has 9 nitrogen and oxygen atoms in total. The molecule has 44 heavy (non-hydrogen) atoms. The summed E-state index contributed by atoms with van der Waals surface area (Å²) in [5.74, 6) is -0.797. The monoisotopic (exact) mass is 621 g/mol. The number of nitrogens with one attached hydrogen (secondary N) is 1. The maximum Gasteiger partial charge on any atom is 0.319 e. The summed E-state index contributed by atoms with van der Waals surface area (Å²) >= 11 is 1.16. The summed E-state index contributed by atoms with van der Waals surface area (Å²) in [6, 6.07) is 5.28. The zero-order valence-electron chi connectivity index (χ0n) is 23.8. The molecule has 3 atom stereocenters. The van der Waals surface area contributed by atoms with Crippen molar-refractivity contribution in [3.63, 3.8) is 0 Å². The normalized spacial score (nSPS) is 23.1. The van der Waals surface area contributed by atoms with Crippen molar-refractivity contribution in [3.05, 3.63) is 40.5 Å². The molecule has 3 fully saturated rings. The number of halogens is 3. The molecule has 3 N–H and O–H groups in total. The van der Waals surface area contributed by atoms with Gasteiger partial charge in [-0.2, -0.15) is 15.2 Å². The molecule has 8 rings (SSSR count). The highest BCUT2D eigenvalue weighted by molar-refractivity contribution is 7.23. The molecule has 4 aromatic rings. The molecule has 228 valence electrons. The number of thiophene rings is 1. The third-order valence-electron chi connectivity index (χ3n) is 9.43. The maximum absolute atomic E-state index is 17.1. The first-order valence-corrected chi connectivity index (χ1v) is 15.8. The number of nitrogen functional groups attached to an aromatic ring is 1. The number of fused-ring (bicyclic) bond motifs is 6. The molecule has 4 aliphatic rings. The quantitative estimate of drug-likeness (QED) is 0.318. The van der Waals surface area contributed by atoms with Gasteiger partial charge in [0.2, 0.25) is 0 Å². The smallest absolute Gasteiger partial charge is 0.319 e. The minimum absolute atomic E-state index is 0.0151. The molecule has 0 spiro atoms. The molecule has 4 aliphatic heterocycles. The summed E-state index contributed by atoms with van der Waals surface area (Å²) in [7, 11) is 0. The molecular weight excluding hydrogens is 591 g/mol. The molecular formula is C31H30F3N7O2S. The van der Waals surface area contributed by atoms with Gasteiger partial charge in [0.15, 0.2) is 5.82 Å². The Morgan fingerprint density at radius 1 is 1.09 bits per heavy atom. The van der Waals surface area contributed by atoms with Crippen LogP contribution >= 0.6 is 11.3 Å². The lowest BCUT2D eigenvalue weighted by Gasteiger charge is -2.37. The highest BCUT2D eigenvalue weighted by Crippen LogP contribution is 2.48. The van der Waals surface area contributed by atoms with E-state index in [0.29, 0.717) is 53.1 Å². The van der Waals surface area contributed by atoms with Crippen molar-refractivity contribution in [2.45, 2.75) is 50.7 Å². The number of nitrogens with zero attached hydrogens (tertiary/aromatic N) is 5. The molecule has 0 radical (unpaired) electrons. The minimum atomic E-state index is -0.844. The number of likely N-dealkylation sites (tertiary alicyclic amines) is 1. The number of nitriles is 1. The van der Waals surface area contributed by atoms with Gasteiger partial charge in [-0.15, -0.1) is 11.3 Å². The summed E-state index contributed by atoms with van der Waals surface area (Å²) in [6.45, 7) is 3.53. The fourth-order valence-corrected chi connectivity index (χ4v) is 8.35. The van der Waals surface area contributed by atoms with E-state index in [-0.39, 0.29) is 70.5 Å². The van der Waals surface area contributed by atoms with E-state index in [9.17, 15) is 9.65 Å². The van der Waals surface area contributed by atoms with Gasteiger partial charge in [-0.25, -0.2) is 13.2 Å². The second-order valence-electron chi connectivity index (χ2n) is 11.9. The Morgan fingerprint density at radius 3 is 2.64 bits per heavy atom. The van der Waals surface area contributed by atoms with Crippen LogP contribution in [0.1, 0.15) is 36.0 Å². The molecule has 0 amide bonds. The molecule has 2 unspecified atom stereocenters. The van der Waals surface area contributed by atoms with Crippen LogP contribution in [0.3, 0.4) is 0 Å². The van der Waals surface area contributed by atoms with Gasteiger partial charge in [-0.3, -0.25) is 4.90 Å². The largest absolute Gasteiger partial charge is 0.462 e. The third kappa shape index (κ3) is 4.30. The van der Waals surface area contributed by atoms with E-state index in [1.165, 1.54) is 6.07 Å². The van der Waals surface area contributed by atoms with Crippen molar-refractivity contribution < 1.29 is 22.6 Å².